The summed E-state index contributed by atoms with van der Waals surface area (Å²) >= 11 is 0. The van der Waals surface area contributed by atoms with Gasteiger partial charge in [-0.15, -0.1) is 0 Å². The molecule has 158 valence electrons. The van der Waals surface area contributed by atoms with Crippen LogP contribution in [0.2, 0.25) is 0 Å². The van der Waals surface area contributed by atoms with Crippen molar-refractivity contribution in [1.29, 1.82) is 0 Å². The second-order valence-corrected chi connectivity index (χ2v) is 7.76. The molecule has 1 N–H and O–H groups in total. The summed E-state index contributed by atoms with van der Waals surface area (Å²) in [4.78, 5) is 35.0. The molecule has 3 aliphatic heterocycles. The number of hydrogen-bond donors (Lipinski definition) is 1. The van der Waals surface area contributed by atoms with E-state index in [1.807, 2.05) is 0 Å². The molecule has 8 nitrogen and oxygen atoms in total. The minimum Gasteiger partial charge on any atom is -0.447 e. The van der Waals surface area contributed by atoms with Gasteiger partial charge in [-0.1, -0.05) is 0 Å². The molecule has 29 heavy (non-hydrogen) atoms. The van der Waals surface area contributed by atoms with E-state index in [1.165, 1.54) is 0 Å². The third kappa shape index (κ3) is 4.38. The van der Waals surface area contributed by atoms with Gasteiger partial charge in [-0.05, 0) is 18.4 Å². The Hall–Kier alpha value is -2.59. The predicted octanol–water partition coefficient (Wildman–Crippen LogP) is 1.68. The zero-order chi connectivity index (χ0) is 20.6. The second-order valence-electron chi connectivity index (χ2n) is 7.76. The molecule has 3 fully saturated rings. The van der Waals surface area contributed by atoms with Crippen molar-refractivity contribution in [3.05, 3.63) is 18.0 Å². The first-order chi connectivity index (χ1) is 13.8. The van der Waals surface area contributed by atoms with E-state index in [1.54, 1.807) is 22.2 Å². The van der Waals surface area contributed by atoms with Crippen LogP contribution >= 0.6 is 0 Å². The molecule has 11 heteroatoms. The summed E-state index contributed by atoms with van der Waals surface area (Å²) in [6.45, 7) is 1.60. The number of carbonyl (C=O) groups excluding carboxylic acids is 2. The number of hydrogen-bond acceptors (Lipinski definition) is 6. The van der Waals surface area contributed by atoms with Crippen LogP contribution in [0.15, 0.2) is 12.4 Å². The number of anilines is 1. The van der Waals surface area contributed by atoms with Crippen LogP contribution in [0.5, 0.6) is 0 Å². The first-order valence-electron chi connectivity index (χ1n) is 9.64. The fourth-order valence-corrected chi connectivity index (χ4v) is 3.85. The molecule has 0 saturated carbocycles. The van der Waals surface area contributed by atoms with Gasteiger partial charge in [0.15, 0.2) is 0 Å². The number of nitrogens with zero attached hydrogens (tertiary/aromatic N) is 4. The fraction of sp³-hybridized carbons (Fsp3) is 0.667. The van der Waals surface area contributed by atoms with Crippen LogP contribution in [0.25, 0.3) is 0 Å². The van der Waals surface area contributed by atoms with Gasteiger partial charge in [0, 0.05) is 50.9 Å². The normalized spacial score (nSPS) is 25.0. The van der Waals surface area contributed by atoms with Crippen molar-refractivity contribution in [2.75, 3.05) is 37.7 Å². The molecule has 2 amide bonds. The lowest BCUT2D eigenvalue weighted by molar-refractivity contribution is -0.168. The fourth-order valence-electron chi connectivity index (χ4n) is 3.85. The van der Waals surface area contributed by atoms with Crippen LogP contribution in [0.1, 0.15) is 30.7 Å². The SMILES string of the molecule is O=C1N[C@H](CCC(=O)N2CC(c3cnc(N4CCC(C(F)(F)F)C4)nc3)C2)CO1. The molecule has 0 spiro atoms. The minimum atomic E-state index is -4.19. The van der Waals surface area contributed by atoms with E-state index < -0.39 is 18.2 Å². The number of rotatable bonds is 5. The lowest BCUT2D eigenvalue weighted by Crippen LogP contribution is -2.48. The topological polar surface area (TPSA) is 87.7 Å². The Labute approximate surface area is 165 Å². The highest BCUT2D eigenvalue weighted by Gasteiger charge is 2.44. The number of likely N-dealkylation sites (tertiary alicyclic amines) is 1. The highest BCUT2D eigenvalue weighted by atomic mass is 19.4. The van der Waals surface area contributed by atoms with Crippen molar-refractivity contribution in [3.8, 4) is 0 Å². The molecule has 3 saturated heterocycles. The van der Waals surface area contributed by atoms with E-state index in [0.717, 1.165) is 5.56 Å². The first-order valence-corrected chi connectivity index (χ1v) is 9.64. The quantitative estimate of drug-likeness (QED) is 0.790. The summed E-state index contributed by atoms with van der Waals surface area (Å²) < 4.78 is 43.2. The molecule has 4 heterocycles. The molecule has 0 bridgehead atoms. The van der Waals surface area contributed by atoms with Crippen LogP contribution in [0, 0.1) is 5.92 Å². The summed E-state index contributed by atoms with van der Waals surface area (Å²) in [5.74, 6) is -0.867. The Morgan fingerprint density at radius 1 is 1.24 bits per heavy atom. The van der Waals surface area contributed by atoms with Gasteiger partial charge in [0.1, 0.15) is 6.61 Å². The molecule has 1 aromatic rings. The summed E-state index contributed by atoms with van der Waals surface area (Å²) in [7, 11) is 0. The number of alkyl carbamates (subject to hydrolysis) is 1. The van der Waals surface area contributed by atoms with Gasteiger partial charge in [0.25, 0.3) is 0 Å². The van der Waals surface area contributed by atoms with Crippen LogP contribution in [0.4, 0.5) is 23.9 Å². The van der Waals surface area contributed by atoms with E-state index in [2.05, 4.69) is 15.3 Å². The lowest BCUT2D eigenvalue weighted by Gasteiger charge is -2.39. The molecular formula is C18H22F3N5O3. The van der Waals surface area contributed by atoms with Crippen molar-refractivity contribution >= 4 is 17.9 Å². The van der Waals surface area contributed by atoms with Gasteiger partial charge in [-0.2, -0.15) is 13.2 Å². The maximum absolute atomic E-state index is 12.8. The number of ether oxygens (including phenoxy) is 1. The van der Waals surface area contributed by atoms with Crippen molar-refractivity contribution in [2.45, 2.75) is 37.4 Å². The third-order valence-corrected chi connectivity index (χ3v) is 5.74. The molecule has 2 atom stereocenters. The standard InChI is InChI=1S/C18H22F3N5O3/c19-18(20,21)13-3-4-25(9-13)16-22-5-11(6-23-16)12-7-26(8-12)15(27)2-1-14-10-29-17(28)24-14/h5-6,12-14H,1-4,7-10H2,(H,24,28)/t13?,14-/m1/s1. The average Bonchev–Trinajstić information content (AvgIpc) is 3.28. The van der Waals surface area contributed by atoms with Crippen molar-refractivity contribution in [3.63, 3.8) is 0 Å². The zero-order valence-corrected chi connectivity index (χ0v) is 15.7. The highest BCUT2D eigenvalue weighted by molar-refractivity contribution is 5.77. The monoisotopic (exact) mass is 413 g/mol. The maximum Gasteiger partial charge on any atom is 0.407 e. The Bertz CT molecular complexity index is 767. The molecular weight excluding hydrogens is 391 g/mol. The Morgan fingerprint density at radius 2 is 1.97 bits per heavy atom. The molecule has 0 aliphatic carbocycles. The van der Waals surface area contributed by atoms with Crippen molar-refractivity contribution in [1.82, 2.24) is 20.2 Å². The molecule has 0 aromatic carbocycles. The van der Waals surface area contributed by atoms with Gasteiger partial charge in [0.05, 0.1) is 12.0 Å². The van der Waals surface area contributed by atoms with Gasteiger partial charge < -0.3 is 19.9 Å². The molecule has 4 rings (SSSR count). The summed E-state index contributed by atoms with van der Waals surface area (Å²) in [6, 6.07) is -0.119. The highest BCUT2D eigenvalue weighted by Crippen LogP contribution is 2.35. The van der Waals surface area contributed by atoms with Crippen molar-refractivity contribution in [2.24, 2.45) is 5.92 Å². The van der Waals surface area contributed by atoms with Crippen molar-refractivity contribution < 1.29 is 27.5 Å². The Kier molecular flexibility index (Phi) is 5.22. The zero-order valence-electron chi connectivity index (χ0n) is 15.7. The lowest BCUT2D eigenvalue weighted by atomic mass is 9.93. The number of alkyl halides is 3. The van der Waals surface area contributed by atoms with E-state index in [-0.39, 0.29) is 30.8 Å². The number of amides is 2. The maximum atomic E-state index is 12.8. The number of halogens is 3. The predicted molar refractivity (Wildman–Crippen MR) is 95.2 cm³/mol. The van der Waals surface area contributed by atoms with Gasteiger partial charge in [0.2, 0.25) is 11.9 Å². The van der Waals surface area contributed by atoms with Gasteiger partial charge in [-0.25, -0.2) is 14.8 Å². The Balaban J connectivity index is 1.23. The number of carbonyl (C=O) groups is 2. The van der Waals surface area contributed by atoms with E-state index >= 15 is 0 Å². The summed E-state index contributed by atoms with van der Waals surface area (Å²) in [5.41, 5.74) is 0.876. The third-order valence-electron chi connectivity index (χ3n) is 5.74. The number of cyclic esters (lactones) is 1. The van der Waals surface area contributed by atoms with E-state index in [0.29, 0.717) is 45.0 Å². The summed E-state index contributed by atoms with van der Waals surface area (Å²) in [6.07, 6.45) is -0.414. The Morgan fingerprint density at radius 3 is 2.55 bits per heavy atom. The number of aromatic nitrogens is 2. The summed E-state index contributed by atoms with van der Waals surface area (Å²) in [5, 5.41) is 2.64. The smallest absolute Gasteiger partial charge is 0.407 e. The second kappa shape index (κ2) is 7.68. The molecule has 3 aliphatic rings. The van der Waals surface area contributed by atoms with Crippen LogP contribution in [-0.4, -0.2) is 71.9 Å². The largest absolute Gasteiger partial charge is 0.447 e. The van der Waals surface area contributed by atoms with Gasteiger partial charge >= 0.3 is 12.3 Å². The average molecular weight is 413 g/mol. The first kappa shape index (κ1) is 19.7. The van der Waals surface area contributed by atoms with Crippen LogP contribution in [0.3, 0.4) is 0 Å². The van der Waals surface area contributed by atoms with Crippen LogP contribution in [-0.2, 0) is 9.53 Å². The minimum absolute atomic E-state index is 0.0233. The van der Waals surface area contributed by atoms with E-state index in [9.17, 15) is 22.8 Å². The van der Waals surface area contributed by atoms with Crippen LogP contribution < -0.4 is 10.2 Å². The number of nitrogens with one attached hydrogen (secondary N) is 1. The van der Waals surface area contributed by atoms with E-state index in [4.69, 9.17) is 4.74 Å². The molecule has 1 unspecified atom stereocenters. The molecule has 0 radical (unpaired) electrons. The molecule has 1 aromatic heterocycles. The van der Waals surface area contributed by atoms with Gasteiger partial charge in [-0.3, -0.25) is 4.79 Å².